The quantitative estimate of drug-likeness (QED) is 0.501. The lowest BCUT2D eigenvalue weighted by atomic mass is 10.1. The van der Waals surface area contributed by atoms with Gasteiger partial charge in [0.05, 0.1) is 11.9 Å². The zero-order valence-corrected chi connectivity index (χ0v) is 22.0. The number of sulfonamides is 1. The summed E-state index contributed by atoms with van der Waals surface area (Å²) in [5.41, 5.74) is 2.12. The number of halogens is 1. The van der Waals surface area contributed by atoms with Crippen LogP contribution in [0.15, 0.2) is 48.5 Å². The summed E-state index contributed by atoms with van der Waals surface area (Å²) in [6.07, 6.45) is 1.98. The van der Waals surface area contributed by atoms with Gasteiger partial charge in [0.2, 0.25) is 21.8 Å². The Labute approximate surface area is 208 Å². The van der Waals surface area contributed by atoms with Crippen LogP contribution in [0.5, 0.6) is 0 Å². The first kappa shape index (κ1) is 27.7. The molecule has 0 fully saturated rings. The average Bonchev–Trinajstić information content (AvgIpc) is 2.76. The number of carbonyl (C=O) groups excluding carboxylic acids is 2. The van der Waals surface area contributed by atoms with E-state index in [1.165, 1.54) is 11.0 Å². The van der Waals surface area contributed by atoms with Crippen molar-refractivity contribution in [3.8, 4) is 0 Å². The van der Waals surface area contributed by atoms with E-state index in [1.807, 2.05) is 58.0 Å². The van der Waals surface area contributed by atoms with E-state index in [0.717, 1.165) is 21.7 Å². The van der Waals surface area contributed by atoms with Crippen LogP contribution in [0.4, 0.5) is 5.69 Å². The van der Waals surface area contributed by atoms with Crippen molar-refractivity contribution >= 4 is 39.1 Å². The molecule has 0 saturated heterocycles. The molecule has 186 valence electrons. The molecule has 0 radical (unpaired) electrons. The Morgan fingerprint density at radius 3 is 2.26 bits per heavy atom. The Hall–Kier alpha value is -2.58. The molecule has 0 unspecified atom stereocenters. The van der Waals surface area contributed by atoms with Crippen LogP contribution in [0.2, 0.25) is 5.02 Å². The number of carbonyl (C=O) groups is 2. The maximum Gasteiger partial charge on any atom is 0.244 e. The van der Waals surface area contributed by atoms with E-state index < -0.39 is 28.5 Å². The molecule has 0 aromatic heterocycles. The number of benzene rings is 2. The smallest absolute Gasteiger partial charge is 0.244 e. The van der Waals surface area contributed by atoms with Gasteiger partial charge in [0.15, 0.2) is 0 Å². The van der Waals surface area contributed by atoms with Crippen molar-refractivity contribution in [3.05, 3.63) is 64.7 Å². The van der Waals surface area contributed by atoms with E-state index in [-0.39, 0.29) is 18.5 Å². The molecule has 1 atom stereocenters. The van der Waals surface area contributed by atoms with E-state index >= 15 is 0 Å². The Balaban J connectivity index is 2.38. The first-order valence-electron chi connectivity index (χ1n) is 11.3. The third-order valence-electron chi connectivity index (χ3n) is 5.42. The van der Waals surface area contributed by atoms with Gasteiger partial charge in [-0.1, -0.05) is 54.9 Å². The van der Waals surface area contributed by atoms with E-state index in [9.17, 15) is 18.0 Å². The third-order valence-corrected chi connectivity index (χ3v) is 6.97. The van der Waals surface area contributed by atoms with Crippen LogP contribution < -0.4 is 9.62 Å². The Morgan fingerprint density at radius 2 is 1.74 bits per heavy atom. The average molecular weight is 508 g/mol. The molecule has 0 saturated carbocycles. The van der Waals surface area contributed by atoms with Gasteiger partial charge in [-0.05, 0) is 56.9 Å². The van der Waals surface area contributed by atoms with Crippen molar-refractivity contribution in [1.29, 1.82) is 0 Å². The highest BCUT2D eigenvalue weighted by Gasteiger charge is 2.31. The monoisotopic (exact) mass is 507 g/mol. The predicted molar refractivity (Wildman–Crippen MR) is 138 cm³/mol. The van der Waals surface area contributed by atoms with Crippen molar-refractivity contribution in [2.75, 3.05) is 23.7 Å². The van der Waals surface area contributed by atoms with Gasteiger partial charge < -0.3 is 10.2 Å². The summed E-state index contributed by atoms with van der Waals surface area (Å²) < 4.78 is 26.3. The number of hydrogen-bond acceptors (Lipinski definition) is 4. The van der Waals surface area contributed by atoms with Crippen LogP contribution in [-0.4, -0.2) is 56.6 Å². The molecule has 0 aliphatic carbocycles. The summed E-state index contributed by atoms with van der Waals surface area (Å²) in [6.45, 7) is 7.20. The number of rotatable bonds is 11. The summed E-state index contributed by atoms with van der Waals surface area (Å²) >= 11 is 6.22. The molecule has 2 aromatic rings. The first-order chi connectivity index (χ1) is 15.9. The first-order valence-corrected chi connectivity index (χ1v) is 13.5. The molecule has 9 heteroatoms. The van der Waals surface area contributed by atoms with Crippen molar-refractivity contribution in [1.82, 2.24) is 10.2 Å². The number of amides is 2. The molecule has 0 bridgehead atoms. The molecule has 7 nitrogen and oxygen atoms in total. The maximum atomic E-state index is 13.5. The van der Waals surface area contributed by atoms with Crippen LogP contribution >= 0.6 is 11.6 Å². The zero-order chi connectivity index (χ0) is 25.5. The number of aryl methyl sites for hydroxylation is 1. The molecule has 1 N–H and O–H groups in total. The topological polar surface area (TPSA) is 86.8 Å². The summed E-state index contributed by atoms with van der Waals surface area (Å²) in [5, 5.41) is 3.28. The van der Waals surface area contributed by atoms with E-state index in [1.54, 1.807) is 12.1 Å². The van der Waals surface area contributed by atoms with E-state index in [0.29, 0.717) is 23.6 Å². The highest BCUT2D eigenvalue weighted by atomic mass is 35.5. The Morgan fingerprint density at radius 1 is 1.09 bits per heavy atom. The third kappa shape index (κ3) is 7.74. The second-order valence-electron chi connectivity index (χ2n) is 8.61. The second kappa shape index (κ2) is 12.2. The zero-order valence-electron chi connectivity index (χ0n) is 20.4. The lowest BCUT2D eigenvalue weighted by molar-refractivity contribution is -0.139. The minimum atomic E-state index is -3.79. The molecule has 2 rings (SSSR count). The highest BCUT2D eigenvalue weighted by molar-refractivity contribution is 7.92. The molecule has 0 spiro atoms. The van der Waals surface area contributed by atoms with Gasteiger partial charge in [0, 0.05) is 17.6 Å². The SMILES string of the molecule is CC[C@@H](C(=O)NC(C)C)N(CCc1ccccc1)C(=O)CN(c1ccc(C)c(Cl)c1)S(C)(=O)=O. The molecule has 2 amide bonds. The fourth-order valence-electron chi connectivity index (χ4n) is 3.63. The van der Waals surface area contributed by atoms with E-state index in [2.05, 4.69) is 5.32 Å². The van der Waals surface area contributed by atoms with Crippen molar-refractivity contribution in [2.45, 2.75) is 52.6 Å². The van der Waals surface area contributed by atoms with Crippen LogP contribution in [0, 0.1) is 6.92 Å². The Bertz CT molecular complexity index is 1090. The maximum absolute atomic E-state index is 13.5. The van der Waals surface area contributed by atoms with Crippen LogP contribution in [-0.2, 0) is 26.0 Å². The largest absolute Gasteiger partial charge is 0.352 e. The lowest BCUT2D eigenvalue weighted by Crippen LogP contribution is -2.54. The van der Waals surface area contributed by atoms with Gasteiger partial charge in [-0.3, -0.25) is 13.9 Å². The normalized spacial score (nSPS) is 12.3. The Kier molecular flexibility index (Phi) is 9.94. The van der Waals surface area contributed by atoms with Crippen LogP contribution in [0.1, 0.15) is 38.3 Å². The lowest BCUT2D eigenvalue weighted by Gasteiger charge is -2.33. The molecular formula is C25H34ClN3O4S. The van der Waals surface area contributed by atoms with Gasteiger partial charge in [-0.15, -0.1) is 0 Å². The minimum Gasteiger partial charge on any atom is -0.352 e. The van der Waals surface area contributed by atoms with Crippen molar-refractivity contribution < 1.29 is 18.0 Å². The van der Waals surface area contributed by atoms with Gasteiger partial charge in [0.1, 0.15) is 12.6 Å². The highest BCUT2D eigenvalue weighted by Crippen LogP contribution is 2.25. The molecule has 0 aliphatic rings. The number of nitrogens with zero attached hydrogens (tertiary/aromatic N) is 2. The summed E-state index contributed by atoms with van der Waals surface area (Å²) in [5.74, 6) is -0.716. The molecule has 34 heavy (non-hydrogen) atoms. The summed E-state index contributed by atoms with van der Waals surface area (Å²) in [7, 11) is -3.79. The molecule has 0 heterocycles. The van der Waals surface area contributed by atoms with E-state index in [4.69, 9.17) is 11.6 Å². The molecule has 2 aromatic carbocycles. The number of nitrogens with one attached hydrogen (secondary N) is 1. The van der Waals surface area contributed by atoms with Crippen LogP contribution in [0.25, 0.3) is 0 Å². The van der Waals surface area contributed by atoms with Gasteiger partial charge in [-0.2, -0.15) is 0 Å². The molecule has 0 aliphatic heterocycles. The summed E-state index contributed by atoms with van der Waals surface area (Å²) in [6, 6.07) is 13.7. The number of hydrogen-bond donors (Lipinski definition) is 1. The van der Waals surface area contributed by atoms with Gasteiger partial charge in [-0.25, -0.2) is 8.42 Å². The minimum absolute atomic E-state index is 0.0881. The fraction of sp³-hybridized carbons (Fsp3) is 0.440. The predicted octanol–water partition coefficient (Wildman–Crippen LogP) is 3.79. The van der Waals surface area contributed by atoms with Crippen LogP contribution in [0.3, 0.4) is 0 Å². The van der Waals surface area contributed by atoms with Gasteiger partial charge in [0.25, 0.3) is 0 Å². The fourth-order valence-corrected chi connectivity index (χ4v) is 4.64. The molecular weight excluding hydrogens is 474 g/mol. The van der Waals surface area contributed by atoms with Gasteiger partial charge >= 0.3 is 0 Å². The standard InChI is InChI=1S/C25H34ClN3O4S/c1-6-23(25(31)27-18(2)3)28(15-14-20-10-8-7-9-11-20)24(30)17-29(34(5,32)33)21-13-12-19(4)22(26)16-21/h7-13,16,18,23H,6,14-15,17H2,1-5H3,(H,27,31)/t23-/m0/s1. The number of anilines is 1. The van der Waals surface area contributed by atoms with Crippen molar-refractivity contribution in [3.63, 3.8) is 0 Å². The second-order valence-corrected chi connectivity index (χ2v) is 10.9. The summed E-state index contributed by atoms with van der Waals surface area (Å²) in [4.78, 5) is 28.0. The van der Waals surface area contributed by atoms with Crippen molar-refractivity contribution in [2.24, 2.45) is 0 Å².